The van der Waals surface area contributed by atoms with E-state index in [9.17, 15) is 9.59 Å². The highest BCUT2D eigenvalue weighted by atomic mass is 35.5. The SMILES string of the molecule is CCOC(=O)c1cc(Cl)c(NC(=O)c2nc(-c3cccc(Cl)c3)ccc2Cl)c(Cl)c1. The first-order chi connectivity index (χ1) is 14.3. The average molecular weight is 484 g/mol. The van der Waals surface area contributed by atoms with Crippen LogP contribution in [0.1, 0.15) is 27.8 Å². The molecule has 1 heterocycles. The number of hydrogen-bond donors (Lipinski definition) is 1. The van der Waals surface area contributed by atoms with Crippen LogP contribution in [-0.2, 0) is 4.74 Å². The van der Waals surface area contributed by atoms with E-state index in [4.69, 9.17) is 51.1 Å². The molecule has 0 saturated heterocycles. The van der Waals surface area contributed by atoms with Crippen LogP contribution in [0.25, 0.3) is 11.3 Å². The topological polar surface area (TPSA) is 68.3 Å². The van der Waals surface area contributed by atoms with Crippen LogP contribution in [0.15, 0.2) is 48.5 Å². The first-order valence-electron chi connectivity index (χ1n) is 8.70. The van der Waals surface area contributed by atoms with Gasteiger partial charge in [0.25, 0.3) is 5.91 Å². The zero-order chi connectivity index (χ0) is 21.8. The van der Waals surface area contributed by atoms with Crippen molar-refractivity contribution in [3.63, 3.8) is 0 Å². The maximum atomic E-state index is 12.8. The Balaban J connectivity index is 1.91. The summed E-state index contributed by atoms with van der Waals surface area (Å²) in [5.74, 6) is -1.19. The molecule has 3 aromatic rings. The third-order valence-corrected chi connectivity index (χ3v) is 5.11. The van der Waals surface area contributed by atoms with Gasteiger partial charge in [-0.2, -0.15) is 0 Å². The number of anilines is 1. The Labute approximate surface area is 192 Å². The van der Waals surface area contributed by atoms with Gasteiger partial charge in [0.15, 0.2) is 0 Å². The van der Waals surface area contributed by atoms with Gasteiger partial charge in [-0.3, -0.25) is 4.79 Å². The van der Waals surface area contributed by atoms with E-state index < -0.39 is 11.9 Å². The summed E-state index contributed by atoms with van der Waals surface area (Å²) < 4.78 is 4.93. The molecule has 0 saturated carbocycles. The summed E-state index contributed by atoms with van der Waals surface area (Å²) in [6.45, 7) is 1.89. The second kappa shape index (κ2) is 9.67. The summed E-state index contributed by atoms with van der Waals surface area (Å²) in [4.78, 5) is 29.0. The Morgan fingerprint density at radius 2 is 1.67 bits per heavy atom. The zero-order valence-corrected chi connectivity index (χ0v) is 18.5. The summed E-state index contributed by atoms with van der Waals surface area (Å²) in [7, 11) is 0. The van der Waals surface area contributed by atoms with Crippen LogP contribution in [0.2, 0.25) is 20.1 Å². The molecular formula is C21H14Cl4N2O3. The highest BCUT2D eigenvalue weighted by Gasteiger charge is 2.19. The average Bonchev–Trinajstić information content (AvgIpc) is 2.71. The van der Waals surface area contributed by atoms with Gasteiger partial charge >= 0.3 is 5.97 Å². The second-order valence-corrected chi connectivity index (χ2v) is 7.68. The molecule has 1 N–H and O–H groups in total. The van der Waals surface area contributed by atoms with Gasteiger partial charge in [0.05, 0.1) is 38.6 Å². The number of ether oxygens (including phenoxy) is 1. The van der Waals surface area contributed by atoms with Crippen LogP contribution in [0.5, 0.6) is 0 Å². The number of aromatic nitrogens is 1. The van der Waals surface area contributed by atoms with Crippen molar-refractivity contribution >= 4 is 64.0 Å². The molecule has 5 nitrogen and oxygen atoms in total. The highest BCUT2D eigenvalue weighted by molar-refractivity contribution is 6.41. The highest BCUT2D eigenvalue weighted by Crippen LogP contribution is 2.33. The van der Waals surface area contributed by atoms with Gasteiger partial charge in [-0.05, 0) is 43.3 Å². The van der Waals surface area contributed by atoms with E-state index in [-0.39, 0.29) is 38.6 Å². The standard InChI is InChI=1S/C21H14Cl4N2O3/c1-2-30-21(29)12-9-15(24)18(16(25)10-12)27-20(28)19-14(23)6-7-17(26-19)11-4-3-5-13(22)8-11/h3-10H,2H2,1H3,(H,27,28). The number of amides is 1. The van der Waals surface area contributed by atoms with Crippen LogP contribution < -0.4 is 5.32 Å². The number of rotatable bonds is 5. The van der Waals surface area contributed by atoms with Crippen LogP contribution in [0.4, 0.5) is 5.69 Å². The van der Waals surface area contributed by atoms with Gasteiger partial charge in [0, 0.05) is 10.6 Å². The third kappa shape index (κ3) is 5.05. The molecule has 0 bridgehead atoms. The van der Waals surface area contributed by atoms with E-state index in [1.165, 1.54) is 12.1 Å². The molecule has 1 amide bonds. The Morgan fingerprint density at radius 3 is 2.30 bits per heavy atom. The van der Waals surface area contributed by atoms with E-state index >= 15 is 0 Å². The summed E-state index contributed by atoms with van der Waals surface area (Å²) in [6, 6.07) is 13.0. The van der Waals surface area contributed by atoms with Crippen molar-refractivity contribution in [3.05, 3.63) is 79.9 Å². The lowest BCUT2D eigenvalue weighted by molar-refractivity contribution is 0.0526. The molecule has 0 aliphatic carbocycles. The fourth-order valence-electron chi connectivity index (χ4n) is 2.61. The van der Waals surface area contributed by atoms with Crippen LogP contribution in [-0.4, -0.2) is 23.5 Å². The van der Waals surface area contributed by atoms with Crippen molar-refractivity contribution in [3.8, 4) is 11.3 Å². The number of esters is 1. The van der Waals surface area contributed by atoms with E-state index in [1.807, 2.05) is 6.07 Å². The first kappa shape index (κ1) is 22.4. The minimum absolute atomic E-state index is 0.0178. The van der Waals surface area contributed by atoms with Crippen molar-refractivity contribution in [1.29, 1.82) is 0 Å². The molecule has 1 aromatic heterocycles. The lowest BCUT2D eigenvalue weighted by atomic mass is 10.1. The number of benzene rings is 2. The second-order valence-electron chi connectivity index (χ2n) is 6.03. The zero-order valence-electron chi connectivity index (χ0n) is 15.5. The molecule has 9 heteroatoms. The van der Waals surface area contributed by atoms with Crippen molar-refractivity contribution in [2.24, 2.45) is 0 Å². The van der Waals surface area contributed by atoms with Crippen LogP contribution in [0, 0.1) is 0 Å². The van der Waals surface area contributed by atoms with E-state index in [0.29, 0.717) is 10.7 Å². The summed E-state index contributed by atoms with van der Waals surface area (Å²) in [6.07, 6.45) is 0. The van der Waals surface area contributed by atoms with Gasteiger partial charge in [0.1, 0.15) is 5.69 Å². The van der Waals surface area contributed by atoms with Crippen molar-refractivity contribution < 1.29 is 14.3 Å². The molecule has 154 valence electrons. The van der Waals surface area contributed by atoms with Gasteiger partial charge in [-0.25, -0.2) is 9.78 Å². The fourth-order valence-corrected chi connectivity index (χ4v) is 3.57. The van der Waals surface area contributed by atoms with Crippen LogP contribution in [0.3, 0.4) is 0 Å². The van der Waals surface area contributed by atoms with Crippen molar-refractivity contribution in [1.82, 2.24) is 4.98 Å². The number of nitrogens with one attached hydrogen (secondary N) is 1. The van der Waals surface area contributed by atoms with Gasteiger partial charge in [-0.1, -0.05) is 58.5 Å². The maximum Gasteiger partial charge on any atom is 0.338 e. The number of halogens is 4. The van der Waals surface area contributed by atoms with E-state index in [1.54, 1.807) is 37.3 Å². The lowest BCUT2D eigenvalue weighted by Gasteiger charge is -2.12. The lowest BCUT2D eigenvalue weighted by Crippen LogP contribution is -2.16. The van der Waals surface area contributed by atoms with E-state index in [0.717, 1.165) is 5.56 Å². The molecular weight excluding hydrogens is 470 g/mol. The fraction of sp³-hybridized carbons (Fsp3) is 0.0952. The number of carbonyl (C=O) groups is 2. The Kier molecular flexibility index (Phi) is 7.21. The monoisotopic (exact) mass is 482 g/mol. The summed E-state index contributed by atoms with van der Waals surface area (Å²) in [5, 5.41) is 3.42. The molecule has 0 aliphatic rings. The molecule has 0 spiro atoms. The predicted molar refractivity (Wildman–Crippen MR) is 120 cm³/mol. The Hall–Kier alpha value is -2.31. The normalized spacial score (nSPS) is 10.6. The predicted octanol–water partition coefficient (Wildman–Crippen LogP) is 6.79. The molecule has 0 unspecified atom stereocenters. The minimum atomic E-state index is -0.614. The summed E-state index contributed by atoms with van der Waals surface area (Å²) >= 11 is 24.7. The van der Waals surface area contributed by atoms with Gasteiger partial charge in [0.2, 0.25) is 0 Å². The number of pyridine rings is 1. The van der Waals surface area contributed by atoms with Crippen LogP contribution >= 0.6 is 46.4 Å². The number of nitrogens with zero attached hydrogens (tertiary/aromatic N) is 1. The molecule has 0 aliphatic heterocycles. The molecule has 0 atom stereocenters. The van der Waals surface area contributed by atoms with Crippen molar-refractivity contribution in [2.45, 2.75) is 6.92 Å². The largest absolute Gasteiger partial charge is 0.462 e. The molecule has 3 rings (SSSR count). The molecule has 0 radical (unpaired) electrons. The van der Waals surface area contributed by atoms with Gasteiger partial charge < -0.3 is 10.1 Å². The maximum absolute atomic E-state index is 12.8. The van der Waals surface area contributed by atoms with Crippen molar-refractivity contribution in [2.75, 3.05) is 11.9 Å². The molecule has 0 fully saturated rings. The minimum Gasteiger partial charge on any atom is -0.462 e. The quantitative estimate of drug-likeness (QED) is 0.405. The number of hydrogen-bond acceptors (Lipinski definition) is 4. The molecule has 30 heavy (non-hydrogen) atoms. The Morgan fingerprint density at radius 1 is 0.967 bits per heavy atom. The number of carbonyl (C=O) groups excluding carboxylic acids is 2. The third-order valence-electron chi connectivity index (χ3n) is 3.97. The first-order valence-corrected chi connectivity index (χ1v) is 10.2. The Bertz CT molecular complexity index is 1110. The van der Waals surface area contributed by atoms with Gasteiger partial charge in [-0.15, -0.1) is 0 Å². The summed E-state index contributed by atoms with van der Waals surface area (Å²) in [5.41, 5.74) is 1.52. The molecule has 2 aromatic carbocycles. The van der Waals surface area contributed by atoms with E-state index in [2.05, 4.69) is 10.3 Å². The smallest absolute Gasteiger partial charge is 0.338 e.